The van der Waals surface area contributed by atoms with Gasteiger partial charge in [-0.15, -0.1) is 0 Å². The summed E-state index contributed by atoms with van der Waals surface area (Å²) in [5.41, 5.74) is 0.841. The van der Waals surface area contributed by atoms with Crippen LogP contribution in [0.2, 0.25) is 0 Å². The van der Waals surface area contributed by atoms with Gasteiger partial charge < -0.3 is 9.64 Å². The molecule has 146 valence electrons. The highest BCUT2D eigenvalue weighted by atomic mass is 19.1. The minimum absolute atomic E-state index is 0.00266. The van der Waals surface area contributed by atoms with E-state index in [0.29, 0.717) is 29.6 Å². The minimum atomic E-state index is -0.758. The van der Waals surface area contributed by atoms with Crippen LogP contribution in [-0.2, 0) is 17.7 Å². The fraction of sp³-hybridized carbons (Fsp3) is 0.368. The summed E-state index contributed by atoms with van der Waals surface area (Å²) < 4.78 is 35.3. The van der Waals surface area contributed by atoms with Gasteiger partial charge in [0.25, 0.3) is 0 Å². The normalized spacial score (nSPS) is 14.2. The summed E-state index contributed by atoms with van der Waals surface area (Å²) in [6.07, 6.45) is 2.69. The third-order valence-corrected chi connectivity index (χ3v) is 4.48. The van der Waals surface area contributed by atoms with Crippen molar-refractivity contribution in [3.8, 4) is 11.4 Å². The summed E-state index contributed by atoms with van der Waals surface area (Å²) in [7, 11) is 0. The molecule has 0 saturated heterocycles. The van der Waals surface area contributed by atoms with Gasteiger partial charge in [-0.2, -0.15) is 5.10 Å². The summed E-state index contributed by atoms with van der Waals surface area (Å²) in [6, 6.07) is 1.29. The fourth-order valence-corrected chi connectivity index (χ4v) is 3.18. The first-order valence-electron chi connectivity index (χ1n) is 8.87. The van der Waals surface area contributed by atoms with E-state index in [2.05, 4.69) is 20.2 Å². The SMILES string of the molecule is CC(C)(C)OC(=O)N1CCc2cc(F)c(-c3ncc4[nH]ncc4n3)c(F)c2C1. The van der Waals surface area contributed by atoms with E-state index in [4.69, 9.17) is 4.74 Å². The molecule has 9 heteroatoms. The lowest BCUT2D eigenvalue weighted by Crippen LogP contribution is -2.40. The number of aromatic nitrogens is 4. The summed E-state index contributed by atoms with van der Waals surface area (Å²) in [5, 5.41) is 6.53. The molecular weight excluding hydrogens is 368 g/mol. The van der Waals surface area contributed by atoms with Crippen LogP contribution in [0.5, 0.6) is 0 Å². The molecule has 0 spiro atoms. The highest BCUT2D eigenvalue weighted by Gasteiger charge is 2.30. The fourth-order valence-electron chi connectivity index (χ4n) is 3.18. The van der Waals surface area contributed by atoms with E-state index < -0.39 is 23.3 Å². The van der Waals surface area contributed by atoms with Gasteiger partial charge in [-0.25, -0.2) is 23.5 Å². The molecule has 1 aromatic carbocycles. The van der Waals surface area contributed by atoms with Crippen LogP contribution >= 0.6 is 0 Å². The van der Waals surface area contributed by atoms with Crippen LogP contribution in [0.1, 0.15) is 31.9 Å². The van der Waals surface area contributed by atoms with Gasteiger partial charge in [0.2, 0.25) is 0 Å². The molecule has 3 heterocycles. The standard InChI is InChI=1S/C19H19F2N5O2/c1-19(2,3)28-18(27)26-5-4-10-6-12(20)15(16(21)11(10)9-26)17-22-7-14-13(24-17)8-23-25-14/h6-8H,4-5,9H2,1-3H3,(H,23,25). The Hall–Kier alpha value is -3.10. The molecule has 0 bridgehead atoms. The van der Waals surface area contributed by atoms with E-state index in [1.165, 1.54) is 23.4 Å². The topological polar surface area (TPSA) is 84.0 Å². The number of nitrogens with zero attached hydrogens (tertiary/aromatic N) is 4. The number of ether oxygens (including phenoxy) is 1. The van der Waals surface area contributed by atoms with Crippen molar-refractivity contribution in [1.29, 1.82) is 0 Å². The molecule has 0 unspecified atom stereocenters. The van der Waals surface area contributed by atoms with Crippen molar-refractivity contribution >= 4 is 17.1 Å². The van der Waals surface area contributed by atoms with Crippen LogP contribution in [-0.4, -0.2) is 43.3 Å². The number of carbonyl (C=O) groups excluding carboxylic acids is 1. The number of carbonyl (C=O) groups is 1. The maximum absolute atomic E-state index is 15.3. The lowest BCUT2D eigenvalue weighted by molar-refractivity contribution is 0.0222. The van der Waals surface area contributed by atoms with Crippen molar-refractivity contribution in [3.05, 3.63) is 41.2 Å². The molecule has 4 rings (SSSR count). The maximum atomic E-state index is 15.3. The monoisotopic (exact) mass is 387 g/mol. The molecule has 0 saturated carbocycles. The average Bonchev–Trinajstić information content (AvgIpc) is 3.08. The lowest BCUT2D eigenvalue weighted by atomic mass is 9.95. The molecule has 1 amide bonds. The number of hydrogen-bond acceptors (Lipinski definition) is 5. The van der Waals surface area contributed by atoms with E-state index in [9.17, 15) is 9.18 Å². The van der Waals surface area contributed by atoms with Crippen LogP contribution in [0.25, 0.3) is 22.4 Å². The number of halogens is 2. The van der Waals surface area contributed by atoms with Gasteiger partial charge in [-0.05, 0) is 38.8 Å². The molecule has 0 atom stereocenters. The third-order valence-electron chi connectivity index (χ3n) is 4.48. The number of H-pyrrole nitrogens is 1. The van der Waals surface area contributed by atoms with Crippen molar-refractivity contribution in [2.24, 2.45) is 0 Å². The zero-order valence-corrected chi connectivity index (χ0v) is 15.7. The van der Waals surface area contributed by atoms with Crippen LogP contribution in [0.3, 0.4) is 0 Å². The second kappa shape index (κ2) is 6.50. The second-order valence-electron chi connectivity index (χ2n) is 7.70. The summed E-state index contributed by atoms with van der Waals surface area (Å²) >= 11 is 0. The van der Waals surface area contributed by atoms with Crippen molar-refractivity contribution in [2.45, 2.75) is 39.3 Å². The molecule has 7 nitrogen and oxygen atoms in total. The highest BCUT2D eigenvalue weighted by molar-refractivity contribution is 5.75. The van der Waals surface area contributed by atoms with Gasteiger partial charge in [-0.1, -0.05) is 0 Å². The number of amides is 1. The largest absolute Gasteiger partial charge is 0.444 e. The number of fused-ring (bicyclic) bond motifs is 2. The first-order valence-corrected chi connectivity index (χ1v) is 8.87. The van der Waals surface area contributed by atoms with E-state index in [0.717, 1.165) is 0 Å². The van der Waals surface area contributed by atoms with Gasteiger partial charge in [-0.3, -0.25) is 5.10 Å². The molecule has 0 aliphatic carbocycles. The number of hydrogen-bond donors (Lipinski definition) is 1. The first-order chi connectivity index (χ1) is 13.2. The van der Waals surface area contributed by atoms with E-state index in [-0.39, 0.29) is 23.5 Å². The van der Waals surface area contributed by atoms with Gasteiger partial charge >= 0.3 is 6.09 Å². The van der Waals surface area contributed by atoms with E-state index >= 15 is 4.39 Å². The number of benzene rings is 1. The molecule has 1 aliphatic heterocycles. The van der Waals surface area contributed by atoms with Crippen molar-refractivity contribution in [3.63, 3.8) is 0 Å². The third kappa shape index (κ3) is 3.28. The zero-order chi connectivity index (χ0) is 20.1. The summed E-state index contributed by atoms with van der Waals surface area (Å²) in [4.78, 5) is 22.0. The average molecular weight is 387 g/mol. The Morgan fingerprint density at radius 3 is 2.82 bits per heavy atom. The van der Waals surface area contributed by atoms with Crippen LogP contribution in [0.4, 0.5) is 13.6 Å². The second-order valence-corrected chi connectivity index (χ2v) is 7.70. The number of nitrogens with one attached hydrogen (secondary N) is 1. The number of aromatic amines is 1. The van der Waals surface area contributed by atoms with Crippen LogP contribution in [0.15, 0.2) is 18.5 Å². The Labute approximate surface area is 159 Å². The quantitative estimate of drug-likeness (QED) is 0.690. The molecule has 0 radical (unpaired) electrons. The van der Waals surface area contributed by atoms with E-state index in [1.807, 2.05) is 0 Å². The predicted molar refractivity (Wildman–Crippen MR) is 97.4 cm³/mol. The van der Waals surface area contributed by atoms with Gasteiger partial charge in [0.05, 0.1) is 24.5 Å². The van der Waals surface area contributed by atoms with Gasteiger partial charge in [0.1, 0.15) is 28.3 Å². The first kappa shape index (κ1) is 18.3. The van der Waals surface area contributed by atoms with Crippen molar-refractivity contribution in [1.82, 2.24) is 25.1 Å². The van der Waals surface area contributed by atoms with Crippen molar-refractivity contribution in [2.75, 3.05) is 6.54 Å². The van der Waals surface area contributed by atoms with Gasteiger partial charge in [0.15, 0.2) is 5.82 Å². The van der Waals surface area contributed by atoms with Crippen molar-refractivity contribution < 1.29 is 18.3 Å². The Kier molecular flexibility index (Phi) is 4.24. The molecule has 1 N–H and O–H groups in total. The molecule has 0 fully saturated rings. The molecule has 3 aromatic rings. The molecule has 28 heavy (non-hydrogen) atoms. The maximum Gasteiger partial charge on any atom is 0.410 e. The van der Waals surface area contributed by atoms with Crippen LogP contribution < -0.4 is 0 Å². The highest BCUT2D eigenvalue weighted by Crippen LogP contribution is 2.32. The summed E-state index contributed by atoms with van der Waals surface area (Å²) in [5.74, 6) is -1.56. The Morgan fingerprint density at radius 2 is 2.07 bits per heavy atom. The minimum Gasteiger partial charge on any atom is -0.444 e. The molecular formula is C19H19F2N5O2. The Morgan fingerprint density at radius 1 is 1.29 bits per heavy atom. The number of rotatable bonds is 1. The summed E-state index contributed by atoms with van der Waals surface area (Å²) in [6.45, 7) is 5.62. The molecule has 2 aromatic heterocycles. The van der Waals surface area contributed by atoms with Crippen LogP contribution in [0, 0.1) is 11.6 Å². The Balaban J connectivity index is 1.72. The predicted octanol–water partition coefficient (Wildman–Crippen LogP) is 3.59. The lowest BCUT2D eigenvalue weighted by Gasteiger charge is -2.31. The van der Waals surface area contributed by atoms with E-state index in [1.54, 1.807) is 20.8 Å². The zero-order valence-electron chi connectivity index (χ0n) is 15.7. The smallest absolute Gasteiger partial charge is 0.410 e. The Bertz CT molecular complexity index is 1070. The molecule has 1 aliphatic rings. The van der Waals surface area contributed by atoms with Gasteiger partial charge in [0, 0.05) is 12.1 Å².